The first-order chi connectivity index (χ1) is 10.7. The summed E-state index contributed by atoms with van der Waals surface area (Å²) in [4.78, 5) is 23.0. The Bertz CT molecular complexity index is 627. The molecule has 0 unspecified atom stereocenters. The van der Waals surface area contributed by atoms with Gasteiger partial charge in [-0.25, -0.2) is 5.84 Å². The van der Waals surface area contributed by atoms with Gasteiger partial charge >= 0.3 is 0 Å². The van der Waals surface area contributed by atoms with E-state index in [9.17, 15) is 9.59 Å². The largest absolute Gasteiger partial charge is 0.484 e. The minimum Gasteiger partial charge on any atom is -0.484 e. The molecule has 6 heteroatoms. The molecule has 2 aromatic rings. The van der Waals surface area contributed by atoms with Crippen molar-refractivity contribution in [2.75, 3.05) is 6.61 Å². The van der Waals surface area contributed by atoms with E-state index in [1.54, 1.807) is 24.3 Å². The van der Waals surface area contributed by atoms with Gasteiger partial charge in [0.15, 0.2) is 6.61 Å². The molecule has 0 fully saturated rings. The van der Waals surface area contributed by atoms with E-state index in [0.29, 0.717) is 17.9 Å². The molecule has 4 N–H and O–H groups in total. The lowest BCUT2D eigenvalue weighted by Gasteiger charge is -2.08. The molecular weight excluding hydrogens is 282 g/mol. The van der Waals surface area contributed by atoms with E-state index >= 15 is 0 Å². The van der Waals surface area contributed by atoms with Crippen LogP contribution in [-0.4, -0.2) is 18.4 Å². The molecule has 2 rings (SSSR count). The minimum absolute atomic E-state index is 0.0880. The molecule has 0 saturated heterocycles. The van der Waals surface area contributed by atoms with Gasteiger partial charge in [-0.05, 0) is 29.8 Å². The zero-order valence-corrected chi connectivity index (χ0v) is 11.9. The first kappa shape index (κ1) is 15.5. The fourth-order valence-corrected chi connectivity index (χ4v) is 1.78. The van der Waals surface area contributed by atoms with Crippen molar-refractivity contribution in [3.05, 3.63) is 65.7 Å². The minimum atomic E-state index is -0.382. The number of benzene rings is 2. The molecule has 0 bridgehead atoms. The topological polar surface area (TPSA) is 93.4 Å². The molecule has 6 nitrogen and oxygen atoms in total. The zero-order chi connectivity index (χ0) is 15.8. The number of nitrogens with one attached hydrogen (secondary N) is 2. The fourth-order valence-electron chi connectivity index (χ4n) is 1.78. The molecule has 2 amide bonds. The Morgan fingerprint density at radius 2 is 1.68 bits per heavy atom. The van der Waals surface area contributed by atoms with Crippen molar-refractivity contribution >= 4 is 11.8 Å². The molecule has 0 aromatic heterocycles. The summed E-state index contributed by atoms with van der Waals surface area (Å²) in [5.41, 5.74) is 3.48. The molecule has 0 heterocycles. The van der Waals surface area contributed by atoms with Crippen molar-refractivity contribution in [1.29, 1.82) is 0 Å². The molecule has 0 radical (unpaired) electrons. The van der Waals surface area contributed by atoms with Crippen molar-refractivity contribution in [3.63, 3.8) is 0 Å². The lowest BCUT2D eigenvalue weighted by Crippen LogP contribution is -2.30. The highest BCUT2D eigenvalue weighted by molar-refractivity contribution is 5.93. The third-order valence-electron chi connectivity index (χ3n) is 2.95. The standard InChI is InChI=1S/C16H17N3O3/c17-19-16(21)13-6-8-14(9-7-13)22-11-15(20)18-10-12-4-2-1-3-5-12/h1-9H,10-11,17H2,(H,18,20)(H,19,21). The van der Waals surface area contributed by atoms with Crippen LogP contribution < -0.4 is 21.3 Å². The lowest BCUT2D eigenvalue weighted by atomic mass is 10.2. The van der Waals surface area contributed by atoms with Crippen LogP contribution in [0.3, 0.4) is 0 Å². The molecule has 0 aliphatic rings. The number of hydrazine groups is 1. The third-order valence-corrected chi connectivity index (χ3v) is 2.95. The molecular formula is C16H17N3O3. The van der Waals surface area contributed by atoms with Crippen LogP contribution in [0, 0.1) is 0 Å². The van der Waals surface area contributed by atoms with Crippen LogP contribution in [0.15, 0.2) is 54.6 Å². The van der Waals surface area contributed by atoms with Crippen LogP contribution in [0.4, 0.5) is 0 Å². The zero-order valence-electron chi connectivity index (χ0n) is 11.9. The molecule has 0 spiro atoms. The molecule has 2 aromatic carbocycles. The Balaban J connectivity index is 1.77. The second kappa shape index (κ2) is 7.80. The van der Waals surface area contributed by atoms with Gasteiger partial charge in [-0.2, -0.15) is 0 Å². The van der Waals surface area contributed by atoms with Crippen LogP contribution in [0.1, 0.15) is 15.9 Å². The fraction of sp³-hybridized carbons (Fsp3) is 0.125. The maximum atomic E-state index is 11.7. The molecule has 0 aliphatic carbocycles. The number of rotatable bonds is 6. The molecule has 0 aliphatic heterocycles. The van der Waals surface area contributed by atoms with Crippen LogP contribution in [-0.2, 0) is 11.3 Å². The van der Waals surface area contributed by atoms with Crippen LogP contribution in [0.5, 0.6) is 5.75 Å². The van der Waals surface area contributed by atoms with E-state index in [4.69, 9.17) is 10.6 Å². The molecule has 0 atom stereocenters. The van der Waals surface area contributed by atoms with Crippen molar-refractivity contribution in [3.8, 4) is 5.75 Å². The number of carbonyl (C=O) groups is 2. The van der Waals surface area contributed by atoms with Crippen LogP contribution in [0.2, 0.25) is 0 Å². The van der Waals surface area contributed by atoms with Crippen LogP contribution >= 0.6 is 0 Å². The Hall–Kier alpha value is -2.86. The summed E-state index contributed by atoms with van der Waals surface area (Å²) in [6, 6.07) is 16.0. The summed E-state index contributed by atoms with van der Waals surface area (Å²) in [5, 5.41) is 2.76. The van der Waals surface area contributed by atoms with Crippen molar-refractivity contribution < 1.29 is 14.3 Å². The Labute approximate surface area is 128 Å². The summed E-state index contributed by atoms with van der Waals surface area (Å²) in [7, 11) is 0. The van der Waals surface area contributed by atoms with E-state index in [2.05, 4.69) is 5.32 Å². The van der Waals surface area contributed by atoms with Crippen molar-refractivity contribution in [2.45, 2.75) is 6.54 Å². The number of ether oxygens (including phenoxy) is 1. The number of hydrogen-bond acceptors (Lipinski definition) is 4. The van der Waals surface area contributed by atoms with Crippen molar-refractivity contribution in [2.24, 2.45) is 5.84 Å². The Morgan fingerprint density at radius 1 is 1.00 bits per heavy atom. The first-order valence-corrected chi connectivity index (χ1v) is 6.73. The average Bonchev–Trinajstić information content (AvgIpc) is 2.58. The summed E-state index contributed by atoms with van der Waals surface area (Å²) in [6.07, 6.45) is 0. The quantitative estimate of drug-likeness (QED) is 0.421. The van der Waals surface area contributed by atoms with Gasteiger partial charge in [0.25, 0.3) is 11.8 Å². The smallest absolute Gasteiger partial charge is 0.265 e. The van der Waals surface area contributed by atoms with Gasteiger partial charge in [0, 0.05) is 12.1 Å². The molecule has 0 saturated carbocycles. The second-order valence-corrected chi connectivity index (χ2v) is 4.55. The number of nitrogen functional groups attached to an aromatic ring is 1. The van der Waals surface area contributed by atoms with Crippen LogP contribution in [0.25, 0.3) is 0 Å². The van der Waals surface area contributed by atoms with E-state index in [1.165, 1.54) is 0 Å². The Morgan fingerprint density at radius 3 is 2.32 bits per heavy atom. The van der Waals surface area contributed by atoms with E-state index in [1.807, 2.05) is 35.8 Å². The monoisotopic (exact) mass is 299 g/mol. The van der Waals surface area contributed by atoms with Gasteiger partial charge in [0.05, 0.1) is 0 Å². The average molecular weight is 299 g/mol. The maximum Gasteiger partial charge on any atom is 0.265 e. The normalized spacial score (nSPS) is 9.86. The van der Waals surface area contributed by atoms with Gasteiger partial charge in [-0.3, -0.25) is 15.0 Å². The SMILES string of the molecule is NNC(=O)c1ccc(OCC(=O)NCc2ccccc2)cc1. The lowest BCUT2D eigenvalue weighted by molar-refractivity contribution is -0.123. The van der Waals surface area contributed by atoms with Crippen molar-refractivity contribution in [1.82, 2.24) is 10.7 Å². The van der Waals surface area contributed by atoms with E-state index in [-0.39, 0.29) is 18.4 Å². The van der Waals surface area contributed by atoms with Gasteiger partial charge in [-0.15, -0.1) is 0 Å². The summed E-state index contributed by atoms with van der Waals surface area (Å²) >= 11 is 0. The summed E-state index contributed by atoms with van der Waals surface area (Å²) in [5.74, 6) is 4.94. The Kier molecular flexibility index (Phi) is 5.50. The molecule has 22 heavy (non-hydrogen) atoms. The highest BCUT2D eigenvalue weighted by atomic mass is 16.5. The number of carbonyl (C=O) groups excluding carboxylic acids is 2. The van der Waals surface area contributed by atoms with E-state index < -0.39 is 0 Å². The summed E-state index contributed by atoms with van der Waals surface area (Å²) < 4.78 is 5.35. The first-order valence-electron chi connectivity index (χ1n) is 6.73. The van der Waals surface area contributed by atoms with E-state index in [0.717, 1.165) is 5.56 Å². The number of hydrogen-bond donors (Lipinski definition) is 3. The van der Waals surface area contributed by atoms with Gasteiger partial charge in [-0.1, -0.05) is 30.3 Å². The maximum absolute atomic E-state index is 11.7. The number of nitrogens with two attached hydrogens (primary N) is 1. The van der Waals surface area contributed by atoms with Gasteiger partial charge in [0.1, 0.15) is 5.75 Å². The highest BCUT2D eigenvalue weighted by Crippen LogP contribution is 2.11. The van der Waals surface area contributed by atoms with Gasteiger partial charge in [0.2, 0.25) is 0 Å². The second-order valence-electron chi connectivity index (χ2n) is 4.55. The highest BCUT2D eigenvalue weighted by Gasteiger charge is 2.05. The van der Waals surface area contributed by atoms with Gasteiger partial charge < -0.3 is 10.1 Å². The third kappa shape index (κ3) is 4.60. The predicted molar refractivity (Wildman–Crippen MR) is 81.9 cm³/mol. The predicted octanol–water partition coefficient (Wildman–Crippen LogP) is 0.985. The summed E-state index contributed by atoms with van der Waals surface area (Å²) in [6.45, 7) is 0.369. The number of amides is 2. The molecule has 114 valence electrons.